The Bertz CT molecular complexity index is 445. The van der Waals surface area contributed by atoms with E-state index in [0.717, 1.165) is 0 Å². The predicted molar refractivity (Wildman–Crippen MR) is 57.3 cm³/mol. The first-order valence-electron chi connectivity index (χ1n) is 4.40. The lowest BCUT2D eigenvalue weighted by molar-refractivity contribution is -0.132. The molecule has 1 fully saturated rings. The van der Waals surface area contributed by atoms with Gasteiger partial charge < -0.3 is 10.5 Å². The fourth-order valence-electron chi connectivity index (χ4n) is 1.56. The minimum Gasteiger partial charge on any atom is -0.460 e. The standard InChI is InChI=1S/C10H9ClN2O2/c11-5-1-2-8(12)6(3-5)7-4-15-10(14)9(7)13/h1-3,7,13H,4,12H2/t7-/m0/s1. The maximum atomic E-state index is 11.0. The Labute approximate surface area is 91.5 Å². The smallest absolute Gasteiger partial charge is 0.352 e. The molecule has 1 saturated heterocycles. The quantitative estimate of drug-likeness (QED) is 0.562. The van der Waals surface area contributed by atoms with E-state index in [-0.39, 0.29) is 12.3 Å². The van der Waals surface area contributed by atoms with E-state index >= 15 is 0 Å². The number of cyclic esters (lactones) is 1. The first-order chi connectivity index (χ1) is 7.09. The van der Waals surface area contributed by atoms with Crippen molar-refractivity contribution < 1.29 is 9.53 Å². The summed E-state index contributed by atoms with van der Waals surface area (Å²) in [6, 6.07) is 4.99. The van der Waals surface area contributed by atoms with Crippen LogP contribution in [-0.2, 0) is 9.53 Å². The second-order valence-corrected chi connectivity index (χ2v) is 3.77. The van der Waals surface area contributed by atoms with Gasteiger partial charge in [0.15, 0.2) is 0 Å². The summed E-state index contributed by atoms with van der Waals surface area (Å²) in [6.45, 7) is 0.169. The highest BCUT2D eigenvalue weighted by Crippen LogP contribution is 2.30. The second-order valence-electron chi connectivity index (χ2n) is 3.34. The normalized spacial score (nSPS) is 20.5. The van der Waals surface area contributed by atoms with Gasteiger partial charge in [0.05, 0.1) is 5.92 Å². The molecule has 0 radical (unpaired) electrons. The van der Waals surface area contributed by atoms with Crippen molar-refractivity contribution in [2.75, 3.05) is 12.3 Å². The van der Waals surface area contributed by atoms with Crippen LogP contribution in [0.4, 0.5) is 5.69 Å². The van der Waals surface area contributed by atoms with Crippen molar-refractivity contribution in [3.63, 3.8) is 0 Å². The fourth-order valence-corrected chi connectivity index (χ4v) is 1.74. The molecule has 1 aromatic carbocycles. The Morgan fingerprint density at radius 3 is 2.87 bits per heavy atom. The molecule has 3 N–H and O–H groups in total. The van der Waals surface area contributed by atoms with Gasteiger partial charge in [-0.3, -0.25) is 5.41 Å². The summed E-state index contributed by atoms with van der Waals surface area (Å²) in [4.78, 5) is 11.0. The Morgan fingerprint density at radius 1 is 1.53 bits per heavy atom. The maximum absolute atomic E-state index is 11.0. The third kappa shape index (κ3) is 1.68. The molecule has 0 spiro atoms. The van der Waals surface area contributed by atoms with Gasteiger partial charge in [-0.25, -0.2) is 4.79 Å². The summed E-state index contributed by atoms with van der Waals surface area (Å²) in [5.74, 6) is -0.976. The van der Waals surface area contributed by atoms with Crippen molar-refractivity contribution in [3.05, 3.63) is 28.8 Å². The average Bonchev–Trinajstić information content (AvgIpc) is 2.52. The summed E-state index contributed by atoms with van der Waals surface area (Å²) < 4.78 is 4.76. The number of rotatable bonds is 1. The molecule has 5 heteroatoms. The van der Waals surface area contributed by atoms with E-state index in [2.05, 4.69) is 0 Å². The molecule has 15 heavy (non-hydrogen) atoms. The molecule has 0 aliphatic carbocycles. The molecular weight excluding hydrogens is 216 g/mol. The highest BCUT2D eigenvalue weighted by Gasteiger charge is 2.33. The molecule has 78 valence electrons. The van der Waals surface area contributed by atoms with Crippen molar-refractivity contribution in [2.24, 2.45) is 0 Å². The van der Waals surface area contributed by atoms with E-state index in [1.165, 1.54) is 0 Å². The lowest BCUT2D eigenvalue weighted by atomic mass is 9.95. The van der Waals surface area contributed by atoms with Crippen molar-refractivity contribution in [3.8, 4) is 0 Å². The number of esters is 1. The SMILES string of the molecule is N=C1C(=O)OC[C@H]1c1cc(Cl)ccc1N. The zero-order valence-corrected chi connectivity index (χ0v) is 8.54. The molecule has 1 heterocycles. The Hall–Kier alpha value is -1.55. The summed E-state index contributed by atoms with van der Waals surface area (Å²) in [7, 11) is 0. The van der Waals surface area contributed by atoms with E-state index < -0.39 is 11.9 Å². The van der Waals surface area contributed by atoms with Crippen molar-refractivity contribution in [1.82, 2.24) is 0 Å². The van der Waals surface area contributed by atoms with E-state index in [0.29, 0.717) is 16.3 Å². The van der Waals surface area contributed by atoms with E-state index in [4.69, 9.17) is 27.5 Å². The summed E-state index contributed by atoms with van der Waals surface area (Å²) in [5, 5.41) is 8.08. The van der Waals surface area contributed by atoms with Gasteiger partial charge in [-0.05, 0) is 23.8 Å². The summed E-state index contributed by atoms with van der Waals surface area (Å²) in [5.41, 5.74) is 6.89. The van der Waals surface area contributed by atoms with Crippen LogP contribution in [0.15, 0.2) is 18.2 Å². The monoisotopic (exact) mass is 224 g/mol. The zero-order valence-electron chi connectivity index (χ0n) is 7.79. The molecule has 0 aromatic heterocycles. The molecule has 1 atom stereocenters. The molecule has 0 saturated carbocycles. The highest BCUT2D eigenvalue weighted by atomic mass is 35.5. The van der Waals surface area contributed by atoms with Crippen LogP contribution in [-0.4, -0.2) is 18.3 Å². The molecule has 4 nitrogen and oxygen atoms in total. The van der Waals surface area contributed by atoms with Crippen LogP contribution < -0.4 is 5.73 Å². The first-order valence-corrected chi connectivity index (χ1v) is 4.78. The van der Waals surface area contributed by atoms with Gasteiger partial charge >= 0.3 is 5.97 Å². The summed E-state index contributed by atoms with van der Waals surface area (Å²) >= 11 is 5.83. The zero-order chi connectivity index (χ0) is 11.0. The fraction of sp³-hybridized carbons (Fsp3) is 0.200. The number of halogens is 1. The molecule has 1 aliphatic rings. The van der Waals surface area contributed by atoms with Gasteiger partial charge in [-0.15, -0.1) is 0 Å². The topological polar surface area (TPSA) is 76.2 Å². The van der Waals surface area contributed by atoms with Crippen LogP contribution >= 0.6 is 11.6 Å². The van der Waals surface area contributed by atoms with Gasteiger partial charge in [-0.2, -0.15) is 0 Å². The third-order valence-electron chi connectivity index (χ3n) is 2.37. The van der Waals surface area contributed by atoms with E-state index in [1.807, 2.05) is 0 Å². The van der Waals surface area contributed by atoms with Gasteiger partial charge in [0, 0.05) is 10.7 Å². The number of carbonyl (C=O) groups is 1. The Kier molecular flexibility index (Phi) is 2.36. The number of hydrogen-bond donors (Lipinski definition) is 2. The van der Waals surface area contributed by atoms with Crippen LogP contribution in [0.5, 0.6) is 0 Å². The molecule has 2 rings (SSSR count). The lowest BCUT2D eigenvalue weighted by Crippen LogP contribution is -2.13. The van der Waals surface area contributed by atoms with Crippen LogP contribution in [0.3, 0.4) is 0 Å². The van der Waals surface area contributed by atoms with Crippen LogP contribution in [0, 0.1) is 5.41 Å². The minimum absolute atomic E-state index is 0.0658. The predicted octanol–water partition coefficient (Wildman–Crippen LogP) is 1.58. The molecule has 0 amide bonds. The molecular formula is C10H9ClN2O2. The number of nitrogens with one attached hydrogen (secondary N) is 1. The molecule has 1 aromatic rings. The molecule has 1 aliphatic heterocycles. The second kappa shape index (κ2) is 3.55. The number of anilines is 1. The van der Waals surface area contributed by atoms with E-state index in [9.17, 15) is 4.79 Å². The van der Waals surface area contributed by atoms with Crippen LogP contribution in [0.25, 0.3) is 0 Å². The molecule has 0 bridgehead atoms. The highest BCUT2D eigenvalue weighted by molar-refractivity contribution is 6.39. The van der Waals surface area contributed by atoms with Crippen molar-refractivity contribution in [1.29, 1.82) is 5.41 Å². The number of nitrogens with two attached hydrogens (primary N) is 1. The van der Waals surface area contributed by atoms with Crippen LogP contribution in [0.1, 0.15) is 11.5 Å². The van der Waals surface area contributed by atoms with Gasteiger partial charge in [-0.1, -0.05) is 11.6 Å². The summed E-state index contributed by atoms with van der Waals surface area (Å²) in [6.07, 6.45) is 0. The first kappa shape index (κ1) is 9.98. The Balaban J connectivity index is 2.42. The number of ether oxygens (including phenoxy) is 1. The Morgan fingerprint density at radius 2 is 2.27 bits per heavy atom. The average molecular weight is 225 g/mol. The molecule has 0 unspecified atom stereocenters. The van der Waals surface area contributed by atoms with E-state index in [1.54, 1.807) is 18.2 Å². The van der Waals surface area contributed by atoms with Crippen molar-refractivity contribution in [2.45, 2.75) is 5.92 Å². The number of hydrogen-bond acceptors (Lipinski definition) is 4. The number of benzene rings is 1. The largest absolute Gasteiger partial charge is 0.460 e. The van der Waals surface area contributed by atoms with Crippen LogP contribution in [0.2, 0.25) is 5.02 Å². The minimum atomic E-state index is -0.584. The lowest BCUT2D eigenvalue weighted by Gasteiger charge is -2.10. The van der Waals surface area contributed by atoms with Gasteiger partial charge in [0.1, 0.15) is 12.3 Å². The maximum Gasteiger partial charge on any atom is 0.352 e. The third-order valence-corrected chi connectivity index (χ3v) is 2.61. The van der Waals surface area contributed by atoms with Gasteiger partial charge in [0.2, 0.25) is 0 Å². The van der Waals surface area contributed by atoms with Crippen molar-refractivity contribution >= 4 is 29.0 Å². The number of carbonyl (C=O) groups excluding carboxylic acids is 1. The number of nitrogen functional groups attached to an aromatic ring is 1. The van der Waals surface area contributed by atoms with Gasteiger partial charge in [0.25, 0.3) is 0 Å².